The predicted octanol–water partition coefficient (Wildman–Crippen LogP) is 2.58. The fraction of sp³-hybridized carbons (Fsp3) is 0.357. The largest absolute Gasteiger partial charge is 0.490 e. The molecule has 4 rings (SSSR count). The molecule has 2 N–H and O–H groups in total. The molecule has 0 aliphatic carbocycles. The first kappa shape index (κ1) is 22.4. The number of hydrogen-bond donors (Lipinski definition) is 2. The molecule has 4 nitrogen and oxygen atoms in total. The van der Waals surface area contributed by atoms with Crippen LogP contribution in [0.1, 0.15) is 30.6 Å². The van der Waals surface area contributed by atoms with Gasteiger partial charge in [0.1, 0.15) is 38.8 Å². The topological polar surface area (TPSA) is 27.3 Å². The van der Waals surface area contributed by atoms with Gasteiger partial charge in [-0.3, -0.25) is 0 Å². The Morgan fingerprint density at radius 2 is 1.31 bits per heavy atom. The second kappa shape index (κ2) is 11.7. The highest BCUT2D eigenvalue weighted by atomic mass is 16.5. The van der Waals surface area contributed by atoms with E-state index in [1.165, 1.54) is 37.3 Å². The molecule has 1 atom stereocenters. The normalized spacial score (nSPS) is 19.3. The number of benzene rings is 3. The van der Waals surface area contributed by atoms with Crippen LogP contribution in [0.3, 0.4) is 0 Å². The molecular formula is C28H36N2O2+2. The molecule has 1 aliphatic heterocycles. The van der Waals surface area contributed by atoms with Crippen molar-refractivity contribution in [1.82, 2.24) is 0 Å². The van der Waals surface area contributed by atoms with E-state index >= 15 is 0 Å². The standard InChI is InChI=1S/C28H34N2O2/c1-2-31-27-15-9-10-16-28(27)32-26(25-13-7-4-8-14-25)17-18-29-19-21-30(22-20-29)23-24-11-5-3-6-12-24/h3-16,26H,2,17-23H2,1H3/p+2/t26-/m0/s1. The summed E-state index contributed by atoms with van der Waals surface area (Å²) in [5.74, 6) is 1.65. The fourth-order valence-corrected chi connectivity index (χ4v) is 4.54. The molecule has 4 heteroatoms. The number of para-hydroxylation sites is 2. The molecule has 1 saturated heterocycles. The summed E-state index contributed by atoms with van der Waals surface area (Å²) in [5, 5.41) is 0. The molecule has 168 valence electrons. The molecule has 0 unspecified atom stereocenters. The lowest BCUT2D eigenvalue weighted by atomic mass is 10.1. The molecule has 3 aromatic carbocycles. The zero-order chi connectivity index (χ0) is 22.0. The van der Waals surface area contributed by atoms with Crippen molar-refractivity contribution < 1.29 is 19.3 Å². The van der Waals surface area contributed by atoms with Crippen molar-refractivity contribution >= 4 is 0 Å². The Morgan fingerprint density at radius 3 is 2.00 bits per heavy atom. The van der Waals surface area contributed by atoms with Crippen molar-refractivity contribution in [2.24, 2.45) is 0 Å². The van der Waals surface area contributed by atoms with Gasteiger partial charge in [0.25, 0.3) is 0 Å². The van der Waals surface area contributed by atoms with E-state index < -0.39 is 0 Å². The number of rotatable bonds is 10. The average Bonchev–Trinajstić information content (AvgIpc) is 2.85. The highest BCUT2D eigenvalue weighted by Crippen LogP contribution is 2.32. The Hall–Kier alpha value is -2.82. The Bertz CT molecular complexity index is 924. The SMILES string of the molecule is CCOc1ccccc1O[C@@H](CC[NH+]1CC[NH+](Cc2ccccc2)CC1)c1ccccc1. The minimum absolute atomic E-state index is 0.0278. The van der Waals surface area contributed by atoms with Crippen LogP contribution in [-0.2, 0) is 6.54 Å². The van der Waals surface area contributed by atoms with Crippen molar-refractivity contribution in [3.05, 3.63) is 96.1 Å². The van der Waals surface area contributed by atoms with Crippen molar-refractivity contribution in [1.29, 1.82) is 0 Å². The summed E-state index contributed by atoms with van der Waals surface area (Å²) in [4.78, 5) is 3.38. The Morgan fingerprint density at radius 1 is 0.719 bits per heavy atom. The highest BCUT2D eigenvalue weighted by molar-refractivity contribution is 5.40. The van der Waals surface area contributed by atoms with E-state index in [9.17, 15) is 0 Å². The summed E-state index contributed by atoms with van der Waals surface area (Å²) in [6.45, 7) is 9.80. The van der Waals surface area contributed by atoms with Gasteiger partial charge >= 0.3 is 0 Å². The van der Waals surface area contributed by atoms with Gasteiger partial charge in [0.05, 0.1) is 13.2 Å². The summed E-state index contributed by atoms with van der Waals surface area (Å²) in [7, 11) is 0. The van der Waals surface area contributed by atoms with Gasteiger partial charge in [-0.15, -0.1) is 0 Å². The summed E-state index contributed by atoms with van der Waals surface area (Å²) in [6.07, 6.45) is 1.02. The van der Waals surface area contributed by atoms with Crippen molar-refractivity contribution in [3.8, 4) is 11.5 Å². The molecule has 1 fully saturated rings. The van der Waals surface area contributed by atoms with E-state index in [0.717, 1.165) is 31.0 Å². The van der Waals surface area contributed by atoms with Crippen LogP contribution in [-0.4, -0.2) is 39.3 Å². The van der Waals surface area contributed by atoms with Crippen molar-refractivity contribution in [2.45, 2.75) is 26.0 Å². The first-order chi connectivity index (χ1) is 15.8. The van der Waals surface area contributed by atoms with E-state index in [2.05, 4.69) is 60.7 Å². The molecule has 0 amide bonds. The van der Waals surface area contributed by atoms with Crippen molar-refractivity contribution in [3.63, 3.8) is 0 Å². The Balaban J connectivity index is 1.34. The first-order valence-corrected chi connectivity index (χ1v) is 12.0. The van der Waals surface area contributed by atoms with Crippen LogP contribution < -0.4 is 19.3 Å². The third-order valence-corrected chi connectivity index (χ3v) is 6.31. The number of piperazine rings is 1. The summed E-state index contributed by atoms with van der Waals surface area (Å²) >= 11 is 0. The van der Waals surface area contributed by atoms with Gasteiger partial charge in [0.15, 0.2) is 11.5 Å². The third-order valence-electron chi connectivity index (χ3n) is 6.31. The van der Waals surface area contributed by atoms with Gasteiger partial charge in [-0.2, -0.15) is 0 Å². The molecule has 1 aliphatic rings. The highest BCUT2D eigenvalue weighted by Gasteiger charge is 2.25. The molecule has 3 aromatic rings. The molecule has 0 radical (unpaired) electrons. The van der Waals surface area contributed by atoms with Gasteiger partial charge in [0, 0.05) is 12.0 Å². The minimum Gasteiger partial charge on any atom is -0.490 e. The van der Waals surface area contributed by atoms with Crippen LogP contribution in [0.25, 0.3) is 0 Å². The van der Waals surface area contributed by atoms with Gasteiger partial charge in [-0.25, -0.2) is 0 Å². The quantitative estimate of drug-likeness (QED) is 0.515. The number of nitrogens with one attached hydrogen (secondary N) is 2. The maximum atomic E-state index is 6.53. The molecule has 0 aromatic heterocycles. The maximum absolute atomic E-state index is 6.53. The van der Waals surface area contributed by atoms with Gasteiger partial charge in [0.2, 0.25) is 0 Å². The zero-order valence-corrected chi connectivity index (χ0v) is 19.1. The van der Waals surface area contributed by atoms with Gasteiger partial charge < -0.3 is 19.3 Å². The van der Waals surface area contributed by atoms with E-state index in [-0.39, 0.29) is 6.10 Å². The number of ether oxygens (including phenoxy) is 2. The summed E-state index contributed by atoms with van der Waals surface area (Å²) in [5.41, 5.74) is 2.67. The lowest BCUT2D eigenvalue weighted by molar-refractivity contribution is -1.02. The minimum atomic E-state index is 0.0278. The second-order valence-corrected chi connectivity index (χ2v) is 8.60. The van der Waals surface area contributed by atoms with Crippen molar-refractivity contribution in [2.75, 3.05) is 39.3 Å². The van der Waals surface area contributed by atoms with E-state index in [0.29, 0.717) is 6.61 Å². The lowest BCUT2D eigenvalue weighted by Gasteiger charge is -2.31. The summed E-state index contributed by atoms with van der Waals surface area (Å²) in [6, 6.07) is 29.5. The zero-order valence-electron chi connectivity index (χ0n) is 19.1. The summed E-state index contributed by atoms with van der Waals surface area (Å²) < 4.78 is 12.3. The van der Waals surface area contributed by atoms with Crippen LogP contribution in [0.15, 0.2) is 84.9 Å². The number of quaternary nitrogens is 2. The third kappa shape index (κ3) is 6.35. The fourth-order valence-electron chi connectivity index (χ4n) is 4.54. The van der Waals surface area contributed by atoms with E-state index in [1.807, 2.05) is 31.2 Å². The maximum Gasteiger partial charge on any atom is 0.162 e. The molecular weight excluding hydrogens is 396 g/mol. The van der Waals surface area contributed by atoms with Gasteiger partial charge in [-0.1, -0.05) is 72.8 Å². The smallest absolute Gasteiger partial charge is 0.162 e. The number of hydrogen-bond acceptors (Lipinski definition) is 2. The van der Waals surface area contributed by atoms with E-state index in [4.69, 9.17) is 9.47 Å². The van der Waals surface area contributed by atoms with Crippen LogP contribution in [0.2, 0.25) is 0 Å². The lowest BCUT2D eigenvalue weighted by Crippen LogP contribution is -3.27. The molecule has 0 spiro atoms. The first-order valence-electron chi connectivity index (χ1n) is 12.0. The monoisotopic (exact) mass is 432 g/mol. The average molecular weight is 433 g/mol. The second-order valence-electron chi connectivity index (χ2n) is 8.60. The van der Waals surface area contributed by atoms with Crippen LogP contribution >= 0.6 is 0 Å². The molecule has 0 bridgehead atoms. The molecule has 32 heavy (non-hydrogen) atoms. The molecule has 1 heterocycles. The van der Waals surface area contributed by atoms with Crippen LogP contribution in [0.4, 0.5) is 0 Å². The van der Waals surface area contributed by atoms with Crippen LogP contribution in [0, 0.1) is 0 Å². The van der Waals surface area contributed by atoms with Gasteiger partial charge in [-0.05, 0) is 24.6 Å². The molecule has 0 saturated carbocycles. The Labute approximate surface area is 192 Å². The van der Waals surface area contributed by atoms with E-state index in [1.54, 1.807) is 9.80 Å². The predicted molar refractivity (Wildman–Crippen MR) is 128 cm³/mol. The Kier molecular flexibility index (Phi) is 8.18. The van der Waals surface area contributed by atoms with Crippen LogP contribution in [0.5, 0.6) is 11.5 Å².